The minimum Gasteiger partial charge on any atom is -0.316 e. The van der Waals surface area contributed by atoms with Crippen LogP contribution in [0.3, 0.4) is 0 Å². The van der Waals surface area contributed by atoms with E-state index >= 15 is 0 Å². The third-order valence-corrected chi connectivity index (χ3v) is 2.05. The topological polar surface area (TPSA) is 12.0 Å². The van der Waals surface area contributed by atoms with E-state index in [1.165, 1.54) is 5.57 Å². The first-order valence-electron chi connectivity index (χ1n) is 3.31. The van der Waals surface area contributed by atoms with Crippen molar-refractivity contribution >= 4 is 11.8 Å². The summed E-state index contributed by atoms with van der Waals surface area (Å²) in [6.45, 7) is 8.46. The van der Waals surface area contributed by atoms with Crippen LogP contribution < -0.4 is 5.32 Å². The molecule has 0 aromatic heterocycles. The van der Waals surface area contributed by atoms with Gasteiger partial charge in [0.1, 0.15) is 0 Å². The molecule has 0 aromatic rings. The maximum absolute atomic E-state index is 3.90. The highest BCUT2D eigenvalue weighted by atomic mass is 32.2. The third-order valence-electron chi connectivity index (χ3n) is 0.969. The largest absolute Gasteiger partial charge is 0.316 e. The van der Waals surface area contributed by atoms with Gasteiger partial charge in [0, 0.05) is 18.1 Å². The van der Waals surface area contributed by atoms with E-state index < -0.39 is 0 Å². The summed E-state index contributed by atoms with van der Waals surface area (Å²) in [5.74, 6) is 2.05. The molecule has 0 saturated carbocycles. The molecule has 0 radical (unpaired) electrons. The van der Waals surface area contributed by atoms with Gasteiger partial charge in [-0.1, -0.05) is 18.2 Å². The molecule has 0 aromatic carbocycles. The van der Waals surface area contributed by atoms with Crippen LogP contribution in [-0.4, -0.2) is 25.1 Å². The Hall–Kier alpha value is -0.210. The van der Waals surface area contributed by atoms with Gasteiger partial charge in [0.15, 0.2) is 0 Å². The van der Waals surface area contributed by atoms with Crippen LogP contribution in [0.25, 0.3) is 0 Å². The van der Waals surface area contributed by atoms with Gasteiger partial charge in [-0.25, -0.2) is 0 Å². The molecule has 0 atom stereocenters. The number of hydrogen-bond acceptors (Lipinski definition) is 2. The fourth-order valence-electron chi connectivity index (χ4n) is 0.588. The van der Waals surface area contributed by atoms with Gasteiger partial charge in [-0.15, -0.1) is 6.58 Å². The minimum absolute atomic E-state index is 0.921. The Labute approximate surface area is 67.6 Å². The number of likely N-dealkylation sites (N-methyl/N-ethyl adjacent to an activating group) is 1. The average Bonchev–Trinajstić information content (AvgIpc) is 1.89. The van der Waals surface area contributed by atoms with E-state index in [1.54, 1.807) is 0 Å². The van der Waals surface area contributed by atoms with Crippen LogP contribution in [0.5, 0.6) is 0 Å². The molecule has 1 N–H and O–H groups in total. The zero-order valence-corrected chi connectivity index (χ0v) is 7.34. The van der Waals surface area contributed by atoms with Crippen molar-refractivity contribution in [3.05, 3.63) is 24.8 Å². The van der Waals surface area contributed by atoms with Gasteiger partial charge in [-0.2, -0.15) is 11.8 Å². The van der Waals surface area contributed by atoms with Gasteiger partial charge in [0.25, 0.3) is 0 Å². The van der Waals surface area contributed by atoms with Crippen molar-refractivity contribution in [2.24, 2.45) is 0 Å². The second-order valence-electron chi connectivity index (χ2n) is 2.08. The Bertz CT molecular complexity index is 110. The molecule has 10 heavy (non-hydrogen) atoms. The highest BCUT2D eigenvalue weighted by molar-refractivity contribution is 7.99. The highest BCUT2D eigenvalue weighted by Crippen LogP contribution is 2.04. The van der Waals surface area contributed by atoms with Gasteiger partial charge in [0.2, 0.25) is 0 Å². The second kappa shape index (κ2) is 6.90. The van der Waals surface area contributed by atoms with Crippen LogP contribution in [0.1, 0.15) is 0 Å². The molecule has 0 bridgehead atoms. The molecule has 1 nitrogen and oxygen atoms in total. The monoisotopic (exact) mass is 157 g/mol. The van der Waals surface area contributed by atoms with Crippen molar-refractivity contribution in [1.29, 1.82) is 0 Å². The summed E-state index contributed by atoms with van der Waals surface area (Å²) in [5.41, 5.74) is 1.24. The van der Waals surface area contributed by atoms with Crippen LogP contribution in [0, 0.1) is 0 Å². The first-order chi connectivity index (χ1) is 4.81. The van der Waals surface area contributed by atoms with E-state index in [4.69, 9.17) is 0 Å². The summed E-state index contributed by atoms with van der Waals surface area (Å²) < 4.78 is 0. The lowest BCUT2D eigenvalue weighted by Crippen LogP contribution is -2.10. The third kappa shape index (κ3) is 5.92. The molecule has 0 unspecified atom stereocenters. The van der Waals surface area contributed by atoms with E-state index in [0.29, 0.717) is 0 Å². The van der Waals surface area contributed by atoms with Crippen molar-refractivity contribution < 1.29 is 0 Å². The highest BCUT2D eigenvalue weighted by Gasteiger charge is 1.90. The molecular weight excluding hydrogens is 142 g/mol. The van der Waals surface area contributed by atoms with E-state index in [-0.39, 0.29) is 0 Å². The van der Waals surface area contributed by atoms with E-state index in [0.717, 1.165) is 18.1 Å². The molecule has 0 aliphatic heterocycles. The van der Waals surface area contributed by atoms with Crippen LogP contribution in [0.2, 0.25) is 0 Å². The molecular formula is C8H15NS. The van der Waals surface area contributed by atoms with Crippen LogP contribution in [0.15, 0.2) is 24.8 Å². The Morgan fingerprint density at radius 3 is 2.90 bits per heavy atom. The molecule has 2 heteroatoms. The van der Waals surface area contributed by atoms with Crippen molar-refractivity contribution in [2.75, 3.05) is 25.1 Å². The normalized spacial score (nSPS) is 9.30. The molecule has 0 amide bonds. The zero-order valence-electron chi connectivity index (χ0n) is 6.52. The van der Waals surface area contributed by atoms with Crippen LogP contribution >= 0.6 is 11.8 Å². The number of nitrogens with one attached hydrogen (secondary N) is 1. The Morgan fingerprint density at radius 1 is 1.70 bits per heavy atom. The Balaban J connectivity index is 3.13. The van der Waals surface area contributed by atoms with E-state index in [9.17, 15) is 0 Å². The Kier molecular flexibility index (Phi) is 6.76. The lowest BCUT2D eigenvalue weighted by atomic mass is 10.3. The molecule has 58 valence electrons. The minimum atomic E-state index is 0.921. The van der Waals surface area contributed by atoms with Crippen molar-refractivity contribution in [3.8, 4) is 0 Å². The number of thioether (sulfide) groups is 1. The molecule has 0 aliphatic carbocycles. The summed E-state index contributed by atoms with van der Waals surface area (Å²) in [7, 11) is 1.93. The average molecular weight is 157 g/mol. The zero-order chi connectivity index (χ0) is 7.82. The predicted molar refractivity (Wildman–Crippen MR) is 50.6 cm³/mol. The summed E-state index contributed by atoms with van der Waals surface area (Å²) >= 11 is 1.84. The van der Waals surface area contributed by atoms with Gasteiger partial charge in [0.05, 0.1) is 0 Å². The standard InChI is InChI=1S/C8H15NS/c1-4-5-10-7-8(2)6-9-3/h4,9H,1-2,5-7H2,3H3. The predicted octanol–water partition coefficient (Wildman–Crippen LogP) is 1.68. The maximum atomic E-state index is 3.90. The van der Waals surface area contributed by atoms with Crippen LogP contribution in [-0.2, 0) is 0 Å². The number of rotatable bonds is 6. The quantitative estimate of drug-likeness (QED) is 0.465. The Morgan fingerprint density at radius 2 is 2.40 bits per heavy atom. The van der Waals surface area contributed by atoms with Gasteiger partial charge in [-0.05, 0) is 7.05 Å². The van der Waals surface area contributed by atoms with Crippen molar-refractivity contribution in [2.45, 2.75) is 0 Å². The SMILES string of the molecule is C=CCSCC(=C)CNC. The van der Waals surface area contributed by atoms with E-state index in [2.05, 4.69) is 18.5 Å². The first-order valence-corrected chi connectivity index (χ1v) is 4.46. The summed E-state index contributed by atoms with van der Waals surface area (Å²) in [4.78, 5) is 0. The molecule has 0 saturated heterocycles. The fraction of sp³-hybridized carbons (Fsp3) is 0.500. The molecule has 0 aliphatic rings. The molecule has 0 spiro atoms. The lowest BCUT2D eigenvalue weighted by Gasteiger charge is -2.01. The second-order valence-corrected chi connectivity index (χ2v) is 3.11. The maximum Gasteiger partial charge on any atom is 0.0167 e. The van der Waals surface area contributed by atoms with Crippen molar-refractivity contribution in [3.63, 3.8) is 0 Å². The molecule has 0 fully saturated rings. The lowest BCUT2D eigenvalue weighted by molar-refractivity contribution is 0.885. The summed E-state index contributed by atoms with van der Waals surface area (Å²) in [6, 6.07) is 0. The van der Waals surface area contributed by atoms with Crippen molar-refractivity contribution in [1.82, 2.24) is 5.32 Å². The first kappa shape index (κ1) is 9.79. The van der Waals surface area contributed by atoms with Crippen LogP contribution in [0.4, 0.5) is 0 Å². The summed E-state index contributed by atoms with van der Waals surface area (Å²) in [5, 5.41) is 3.06. The van der Waals surface area contributed by atoms with Gasteiger partial charge in [-0.3, -0.25) is 0 Å². The summed E-state index contributed by atoms with van der Waals surface area (Å²) in [6.07, 6.45) is 1.91. The fourth-order valence-corrected chi connectivity index (χ4v) is 1.26. The van der Waals surface area contributed by atoms with Gasteiger partial charge < -0.3 is 5.32 Å². The molecule has 0 rings (SSSR count). The van der Waals surface area contributed by atoms with Gasteiger partial charge >= 0.3 is 0 Å². The number of hydrogen-bond donors (Lipinski definition) is 1. The molecule has 0 heterocycles. The smallest absolute Gasteiger partial charge is 0.0167 e. The van der Waals surface area contributed by atoms with E-state index in [1.807, 2.05) is 24.9 Å².